The van der Waals surface area contributed by atoms with Gasteiger partial charge >= 0.3 is 0 Å². The second kappa shape index (κ2) is 6.14. The van der Waals surface area contributed by atoms with Crippen LogP contribution in [-0.2, 0) is 19.1 Å². The molecule has 72 valence electrons. The second-order valence-corrected chi connectivity index (χ2v) is 4.30. The molecule has 0 saturated heterocycles. The van der Waals surface area contributed by atoms with Gasteiger partial charge in [-0.15, -0.1) is 0 Å². The van der Waals surface area contributed by atoms with Crippen molar-refractivity contribution in [2.24, 2.45) is 0 Å². The number of hydrogen-bond acceptors (Lipinski definition) is 4. The van der Waals surface area contributed by atoms with E-state index in [1.807, 2.05) is 0 Å². The fourth-order valence-corrected chi connectivity index (χ4v) is 1.49. The minimum Gasteiger partial charge on any atom is -0.303 e. The molecule has 12 heavy (non-hydrogen) atoms. The average Bonchev–Trinajstić information content (AvgIpc) is 2.04. The summed E-state index contributed by atoms with van der Waals surface area (Å²) in [5.41, 5.74) is 0. The van der Waals surface area contributed by atoms with Crippen molar-refractivity contribution >= 4 is 16.4 Å². The van der Waals surface area contributed by atoms with Crippen LogP contribution in [0.1, 0.15) is 25.7 Å². The van der Waals surface area contributed by atoms with Gasteiger partial charge in [0.25, 0.3) is 10.1 Å². The maximum atomic E-state index is 10.7. The van der Waals surface area contributed by atoms with Crippen molar-refractivity contribution in [2.45, 2.75) is 25.7 Å². The van der Waals surface area contributed by atoms with Crippen molar-refractivity contribution in [1.29, 1.82) is 0 Å². The van der Waals surface area contributed by atoms with Crippen LogP contribution in [0.2, 0.25) is 0 Å². The average molecular weight is 194 g/mol. The highest BCUT2D eigenvalue weighted by Gasteiger charge is 2.06. The first kappa shape index (κ1) is 11.6. The van der Waals surface area contributed by atoms with E-state index in [-0.39, 0.29) is 5.75 Å². The van der Waals surface area contributed by atoms with Gasteiger partial charge in [-0.25, -0.2) is 0 Å². The lowest BCUT2D eigenvalue weighted by atomic mass is 10.2. The zero-order chi connectivity index (χ0) is 9.45. The highest BCUT2D eigenvalue weighted by atomic mass is 32.2. The van der Waals surface area contributed by atoms with Crippen LogP contribution in [0.3, 0.4) is 0 Å². The number of rotatable bonds is 7. The van der Waals surface area contributed by atoms with E-state index in [1.54, 1.807) is 0 Å². The maximum absolute atomic E-state index is 10.7. The van der Waals surface area contributed by atoms with E-state index in [9.17, 15) is 13.2 Å². The summed E-state index contributed by atoms with van der Waals surface area (Å²) in [6.07, 6.45) is 3.41. The number of unbranched alkanes of at least 4 members (excludes halogenated alkanes) is 3. The van der Waals surface area contributed by atoms with E-state index in [4.69, 9.17) is 0 Å². The molecule has 0 spiro atoms. The molecule has 0 amide bonds. The normalized spacial score (nSPS) is 11.4. The molecule has 0 aliphatic heterocycles. The molecule has 0 fully saturated rings. The Kier molecular flexibility index (Phi) is 5.92. The predicted octanol–water partition coefficient (Wildman–Crippen LogP) is 0.722. The smallest absolute Gasteiger partial charge is 0.267 e. The molecule has 5 heteroatoms. The van der Waals surface area contributed by atoms with Crippen LogP contribution >= 0.6 is 0 Å². The van der Waals surface area contributed by atoms with Crippen molar-refractivity contribution in [2.75, 3.05) is 12.9 Å². The highest BCUT2D eigenvalue weighted by molar-refractivity contribution is 7.86. The van der Waals surface area contributed by atoms with Crippen LogP contribution in [0.4, 0.5) is 0 Å². The molecule has 0 N–H and O–H groups in total. The molecule has 0 unspecified atom stereocenters. The highest BCUT2D eigenvalue weighted by Crippen LogP contribution is 2.01. The zero-order valence-electron chi connectivity index (χ0n) is 7.15. The first-order valence-corrected chi connectivity index (χ1v) is 5.42. The van der Waals surface area contributed by atoms with Crippen LogP contribution in [0.15, 0.2) is 0 Å². The Morgan fingerprint density at radius 3 is 2.42 bits per heavy atom. The molecule has 0 radical (unpaired) electrons. The lowest BCUT2D eigenvalue weighted by Gasteiger charge is -1.99. The van der Waals surface area contributed by atoms with Crippen LogP contribution in [-0.4, -0.2) is 27.6 Å². The largest absolute Gasteiger partial charge is 0.303 e. The summed E-state index contributed by atoms with van der Waals surface area (Å²) in [4.78, 5) is 9.88. The Hall–Kier alpha value is -0.420. The van der Waals surface area contributed by atoms with E-state index >= 15 is 0 Å². The van der Waals surface area contributed by atoms with Gasteiger partial charge in [-0.05, 0) is 12.8 Å². The molecule has 0 heterocycles. The summed E-state index contributed by atoms with van der Waals surface area (Å²) in [7, 11) is -2.14. The van der Waals surface area contributed by atoms with Gasteiger partial charge in [-0.2, -0.15) is 8.42 Å². The first-order valence-electron chi connectivity index (χ1n) is 3.84. The van der Waals surface area contributed by atoms with Gasteiger partial charge in [0.2, 0.25) is 0 Å². The van der Waals surface area contributed by atoms with Crippen LogP contribution in [0, 0.1) is 0 Å². The molecule has 0 rings (SSSR count). The van der Waals surface area contributed by atoms with Gasteiger partial charge in [0.15, 0.2) is 0 Å². The van der Waals surface area contributed by atoms with E-state index in [2.05, 4.69) is 4.18 Å². The van der Waals surface area contributed by atoms with Gasteiger partial charge in [0.1, 0.15) is 6.29 Å². The van der Waals surface area contributed by atoms with Crippen molar-refractivity contribution in [1.82, 2.24) is 0 Å². The quantitative estimate of drug-likeness (QED) is 0.340. The predicted molar refractivity (Wildman–Crippen MR) is 45.3 cm³/mol. The summed E-state index contributed by atoms with van der Waals surface area (Å²) < 4.78 is 25.7. The fourth-order valence-electron chi connectivity index (χ4n) is 0.767. The topological polar surface area (TPSA) is 60.4 Å². The van der Waals surface area contributed by atoms with E-state index in [1.165, 1.54) is 0 Å². The Morgan fingerprint density at radius 2 is 1.92 bits per heavy atom. The third-order valence-corrected chi connectivity index (χ3v) is 2.77. The molecule has 0 bridgehead atoms. The van der Waals surface area contributed by atoms with Gasteiger partial charge in [0.05, 0.1) is 12.9 Å². The van der Waals surface area contributed by atoms with E-state index in [0.29, 0.717) is 12.8 Å². The van der Waals surface area contributed by atoms with Crippen LogP contribution in [0.25, 0.3) is 0 Å². The summed E-state index contributed by atoms with van der Waals surface area (Å²) in [6, 6.07) is 0. The lowest BCUT2D eigenvalue weighted by molar-refractivity contribution is -0.107. The SMILES string of the molecule is COS(=O)(=O)CCCCCC=O. The first-order chi connectivity index (χ1) is 5.62. The molecule has 0 aliphatic rings. The molecule has 0 aromatic carbocycles. The Morgan fingerprint density at radius 1 is 1.25 bits per heavy atom. The number of aldehydes is 1. The van der Waals surface area contributed by atoms with Gasteiger partial charge in [0, 0.05) is 6.42 Å². The molecule has 4 nitrogen and oxygen atoms in total. The van der Waals surface area contributed by atoms with Gasteiger partial charge in [-0.1, -0.05) is 6.42 Å². The standard InChI is InChI=1S/C7H14O4S/c1-11-12(9,10)7-5-3-2-4-6-8/h6H,2-5,7H2,1H3. The van der Waals surface area contributed by atoms with Crippen molar-refractivity contribution in [3.63, 3.8) is 0 Å². The summed E-state index contributed by atoms with van der Waals surface area (Å²) in [5.74, 6) is 0.0440. The molecule has 0 atom stereocenters. The molecular formula is C7H14O4S. The van der Waals surface area contributed by atoms with Crippen molar-refractivity contribution in [3.8, 4) is 0 Å². The Labute approximate surface area is 73.0 Å². The summed E-state index contributed by atoms with van der Waals surface area (Å²) in [5, 5.41) is 0. The third kappa shape index (κ3) is 6.30. The summed E-state index contributed by atoms with van der Waals surface area (Å²) >= 11 is 0. The maximum Gasteiger partial charge on any atom is 0.267 e. The molecule has 0 aromatic heterocycles. The minimum atomic E-state index is -3.30. The fraction of sp³-hybridized carbons (Fsp3) is 0.857. The molecule has 0 aromatic rings. The molecule has 0 saturated carbocycles. The van der Waals surface area contributed by atoms with Crippen LogP contribution < -0.4 is 0 Å². The lowest BCUT2D eigenvalue weighted by Crippen LogP contribution is -2.07. The number of hydrogen-bond donors (Lipinski definition) is 0. The Balaban J connectivity index is 3.37. The second-order valence-electron chi connectivity index (χ2n) is 2.44. The third-order valence-electron chi connectivity index (χ3n) is 1.47. The number of carbonyl (C=O) groups excluding carboxylic acids is 1. The molecule has 0 aliphatic carbocycles. The van der Waals surface area contributed by atoms with E-state index in [0.717, 1.165) is 26.2 Å². The number of carbonyl (C=O) groups is 1. The zero-order valence-corrected chi connectivity index (χ0v) is 7.97. The monoisotopic (exact) mass is 194 g/mol. The minimum absolute atomic E-state index is 0.0440. The van der Waals surface area contributed by atoms with Crippen molar-refractivity contribution in [3.05, 3.63) is 0 Å². The molecular weight excluding hydrogens is 180 g/mol. The van der Waals surface area contributed by atoms with Crippen molar-refractivity contribution < 1.29 is 17.4 Å². The van der Waals surface area contributed by atoms with Crippen LogP contribution in [0.5, 0.6) is 0 Å². The Bertz CT molecular complexity index is 207. The van der Waals surface area contributed by atoms with Gasteiger partial charge in [-0.3, -0.25) is 4.18 Å². The van der Waals surface area contributed by atoms with Gasteiger partial charge < -0.3 is 4.79 Å². The summed E-state index contributed by atoms with van der Waals surface area (Å²) in [6.45, 7) is 0. The van der Waals surface area contributed by atoms with E-state index < -0.39 is 10.1 Å².